The SMILES string of the molecule is CC(Nc1cc(Br)ccc1C(N)=O)(C(=O)O)C1CC1. The van der Waals surface area contributed by atoms with Crippen LogP contribution in [0, 0.1) is 5.92 Å². The van der Waals surface area contributed by atoms with Gasteiger partial charge in [0.2, 0.25) is 0 Å². The monoisotopic (exact) mass is 326 g/mol. The number of nitrogens with two attached hydrogens (primary N) is 1. The summed E-state index contributed by atoms with van der Waals surface area (Å²) in [5.41, 5.74) is 4.96. The van der Waals surface area contributed by atoms with Gasteiger partial charge in [-0.15, -0.1) is 0 Å². The topological polar surface area (TPSA) is 92.4 Å². The molecule has 0 saturated heterocycles. The normalized spacial score (nSPS) is 17.6. The fourth-order valence-corrected chi connectivity index (χ4v) is 2.47. The highest BCUT2D eigenvalue weighted by Crippen LogP contribution is 2.42. The van der Waals surface area contributed by atoms with Gasteiger partial charge in [0.15, 0.2) is 0 Å². The summed E-state index contributed by atoms with van der Waals surface area (Å²) in [5, 5.41) is 12.4. The maximum atomic E-state index is 11.5. The first-order valence-electron chi connectivity index (χ1n) is 5.95. The van der Waals surface area contributed by atoms with Crippen LogP contribution in [0.5, 0.6) is 0 Å². The number of carbonyl (C=O) groups is 2. The van der Waals surface area contributed by atoms with Crippen LogP contribution in [0.15, 0.2) is 22.7 Å². The Balaban J connectivity index is 2.38. The van der Waals surface area contributed by atoms with Gasteiger partial charge in [0.1, 0.15) is 5.54 Å². The largest absolute Gasteiger partial charge is 0.480 e. The number of hydrogen-bond acceptors (Lipinski definition) is 3. The number of hydrogen-bond donors (Lipinski definition) is 3. The number of carboxylic acid groups (broad SMARTS) is 1. The Morgan fingerprint density at radius 3 is 2.58 bits per heavy atom. The summed E-state index contributed by atoms with van der Waals surface area (Å²) >= 11 is 3.30. The molecule has 0 heterocycles. The molecule has 1 aromatic rings. The van der Waals surface area contributed by atoms with Gasteiger partial charge in [0.05, 0.1) is 5.56 Å². The Hall–Kier alpha value is -1.56. The van der Waals surface area contributed by atoms with Crippen molar-refractivity contribution in [3.63, 3.8) is 0 Å². The third-order valence-corrected chi connectivity index (χ3v) is 3.97. The van der Waals surface area contributed by atoms with Gasteiger partial charge in [-0.2, -0.15) is 0 Å². The average molecular weight is 327 g/mol. The van der Waals surface area contributed by atoms with E-state index in [2.05, 4.69) is 21.2 Å². The molecule has 2 rings (SSSR count). The van der Waals surface area contributed by atoms with Gasteiger partial charge in [-0.05, 0) is 43.9 Å². The van der Waals surface area contributed by atoms with Crippen LogP contribution in [0.2, 0.25) is 0 Å². The zero-order valence-corrected chi connectivity index (χ0v) is 12.0. The smallest absolute Gasteiger partial charge is 0.329 e. The Kier molecular flexibility index (Phi) is 3.54. The lowest BCUT2D eigenvalue weighted by Gasteiger charge is -2.28. The van der Waals surface area contributed by atoms with Crippen LogP contribution in [0.25, 0.3) is 0 Å². The van der Waals surface area contributed by atoms with Crippen molar-refractivity contribution in [1.82, 2.24) is 0 Å². The fraction of sp³-hybridized carbons (Fsp3) is 0.385. The zero-order chi connectivity index (χ0) is 14.2. The van der Waals surface area contributed by atoms with Crippen LogP contribution in [0.1, 0.15) is 30.1 Å². The Morgan fingerprint density at radius 1 is 1.47 bits per heavy atom. The van der Waals surface area contributed by atoms with Gasteiger partial charge in [0, 0.05) is 10.2 Å². The van der Waals surface area contributed by atoms with Gasteiger partial charge < -0.3 is 16.2 Å². The highest BCUT2D eigenvalue weighted by atomic mass is 79.9. The van der Waals surface area contributed by atoms with E-state index in [1.165, 1.54) is 0 Å². The van der Waals surface area contributed by atoms with Crippen molar-refractivity contribution in [2.24, 2.45) is 11.7 Å². The van der Waals surface area contributed by atoms with E-state index in [0.29, 0.717) is 5.69 Å². The molecule has 1 amide bonds. The lowest BCUT2D eigenvalue weighted by atomic mass is 9.95. The molecular formula is C13H15BrN2O3. The highest BCUT2D eigenvalue weighted by molar-refractivity contribution is 9.10. The lowest BCUT2D eigenvalue weighted by molar-refractivity contribution is -0.142. The molecule has 0 aliphatic heterocycles. The number of carbonyl (C=O) groups excluding carboxylic acids is 1. The number of primary amides is 1. The predicted molar refractivity (Wildman–Crippen MR) is 75.0 cm³/mol. The molecule has 1 saturated carbocycles. The van der Waals surface area contributed by atoms with Crippen LogP contribution >= 0.6 is 15.9 Å². The van der Waals surface area contributed by atoms with Crippen molar-refractivity contribution >= 4 is 33.5 Å². The van der Waals surface area contributed by atoms with Gasteiger partial charge in [-0.1, -0.05) is 15.9 Å². The summed E-state index contributed by atoms with van der Waals surface area (Å²) in [5.74, 6) is -1.44. The summed E-state index contributed by atoms with van der Waals surface area (Å²) in [6.07, 6.45) is 1.74. The molecule has 5 nitrogen and oxygen atoms in total. The minimum Gasteiger partial charge on any atom is -0.480 e. The zero-order valence-electron chi connectivity index (χ0n) is 10.4. The number of amides is 1. The third-order valence-electron chi connectivity index (χ3n) is 3.48. The molecule has 0 bridgehead atoms. The molecule has 4 N–H and O–H groups in total. The Labute approximate surface area is 119 Å². The van der Waals surface area contributed by atoms with Crippen molar-refractivity contribution in [2.45, 2.75) is 25.3 Å². The van der Waals surface area contributed by atoms with Crippen molar-refractivity contribution in [1.29, 1.82) is 0 Å². The van der Waals surface area contributed by atoms with Gasteiger partial charge in [-0.3, -0.25) is 4.79 Å². The molecule has 1 aromatic carbocycles. The molecular weight excluding hydrogens is 312 g/mol. The summed E-state index contributed by atoms with van der Waals surface area (Å²) in [7, 11) is 0. The van der Waals surface area contributed by atoms with Crippen LogP contribution in [-0.4, -0.2) is 22.5 Å². The molecule has 0 spiro atoms. The molecule has 1 aliphatic carbocycles. The number of carboxylic acids is 1. The standard InChI is InChI=1S/C13H15BrN2O3/c1-13(12(18)19,7-2-3-7)16-10-6-8(14)4-5-9(10)11(15)17/h4-7,16H,2-3H2,1H3,(H2,15,17)(H,18,19). The molecule has 1 atom stereocenters. The van der Waals surface area contributed by atoms with Crippen molar-refractivity contribution in [2.75, 3.05) is 5.32 Å². The molecule has 19 heavy (non-hydrogen) atoms. The quantitative estimate of drug-likeness (QED) is 0.773. The van der Waals surface area contributed by atoms with Crippen molar-refractivity contribution in [3.8, 4) is 0 Å². The minimum absolute atomic E-state index is 0.0738. The molecule has 0 aromatic heterocycles. The predicted octanol–water partition coefficient (Wildman–Crippen LogP) is 2.21. The maximum Gasteiger partial charge on any atom is 0.329 e. The van der Waals surface area contributed by atoms with E-state index in [1.807, 2.05) is 0 Å². The van der Waals surface area contributed by atoms with Crippen molar-refractivity contribution in [3.05, 3.63) is 28.2 Å². The van der Waals surface area contributed by atoms with E-state index < -0.39 is 17.4 Å². The highest BCUT2D eigenvalue weighted by Gasteiger charge is 2.47. The summed E-state index contributed by atoms with van der Waals surface area (Å²) in [6.45, 7) is 1.64. The minimum atomic E-state index is -1.08. The van der Waals surface area contributed by atoms with Crippen LogP contribution < -0.4 is 11.1 Å². The van der Waals surface area contributed by atoms with Crippen molar-refractivity contribution < 1.29 is 14.7 Å². The number of aliphatic carboxylic acids is 1. The number of nitrogens with one attached hydrogen (secondary N) is 1. The van der Waals surface area contributed by atoms with E-state index in [9.17, 15) is 14.7 Å². The first kappa shape index (κ1) is 13.9. The number of halogens is 1. The molecule has 1 aliphatic rings. The average Bonchev–Trinajstić information content (AvgIpc) is 3.12. The van der Waals surface area contributed by atoms with Crippen LogP contribution in [-0.2, 0) is 4.79 Å². The maximum absolute atomic E-state index is 11.5. The van der Waals surface area contributed by atoms with Crippen LogP contribution in [0.4, 0.5) is 5.69 Å². The molecule has 1 fully saturated rings. The summed E-state index contributed by atoms with van der Waals surface area (Å²) in [4.78, 5) is 22.9. The molecule has 0 radical (unpaired) electrons. The molecule has 6 heteroatoms. The second-order valence-corrected chi connectivity index (χ2v) is 5.88. The fourth-order valence-electron chi connectivity index (χ4n) is 2.11. The van der Waals surface area contributed by atoms with Gasteiger partial charge in [-0.25, -0.2) is 4.79 Å². The summed E-state index contributed by atoms with van der Waals surface area (Å²) in [6, 6.07) is 4.94. The second kappa shape index (κ2) is 4.85. The Bertz CT molecular complexity index is 543. The van der Waals surface area contributed by atoms with Crippen LogP contribution in [0.3, 0.4) is 0 Å². The first-order chi connectivity index (χ1) is 8.84. The first-order valence-corrected chi connectivity index (χ1v) is 6.75. The molecule has 1 unspecified atom stereocenters. The third kappa shape index (κ3) is 2.73. The number of rotatable bonds is 5. The van der Waals surface area contributed by atoms with E-state index in [4.69, 9.17) is 5.73 Å². The number of anilines is 1. The van der Waals surface area contributed by atoms with E-state index in [1.54, 1.807) is 25.1 Å². The molecule has 102 valence electrons. The Morgan fingerprint density at radius 2 is 2.11 bits per heavy atom. The number of benzene rings is 1. The lowest BCUT2D eigenvalue weighted by Crippen LogP contribution is -2.46. The van der Waals surface area contributed by atoms with Gasteiger partial charge >= 0.3 is 5.97 Å². The van der Waals surface area contributed by atoms with E-state index in [0.717, 1.165) is 17.3 Å². The summed E-state index contributed by atoms with van der Waals surface area (Å²) < 4.78 is 0.753. The van der Waals surface area contributed by atoms with Gasteiger partial charge in [0.25, 0.3) is 5.91 Å². The van der Waals surface area contributed by atoms with E-state index in [-0.39, 0.29) is 11.5 Å². The second-order valence-electron chi connectivity index (χ2n) is 4.96. The van der Waals surface area contributed by atoms with E-state index >= 15 is 0 Å².